The highest BCUT2D eigenvalue weighted by Gasteiger charge is 2.21. The van der Waals surface area contributed by atoms with Gasteiger partial charge in [-0.3, -0.25) is 4.79 Å². The van der Waals surface area contributed by atoms with Crippen molar-refractivity contribution in [1.82, 2.24) is 25.1 Å². The Labute approximate surface area is 157 Å². The van der Waals surface area contributed by atoms with E-state index in [4.69, 9.17) is 0 Å². The summed E-state index contributed by atoms with van der Waals surface area (Å²) in [6, 6.07) is 7.00. The Morgan fingerprint density at radius 2 is 1.89 bits per heavy atom. The van der Waals surface area contributed by atoms with Gasteiger partial charge in [0.1, 0.15) is 5.69 Å². The summed E-state index contributed by atoms with van der Waals surface area (Å²) in [6.45, 7) is 1.71. The first kappa shape index (κ1) is 18.8. The van der Waals surface area contributed by atoms with Gasteiger partial charge in [0.25, 0.3) is 11.8 Å². The molecule has 11 heteroatoms. The van der Waals surface area contributed by atoms with E-state index in [-0.39, 0.29) is 17.0 Å². The molecular weight excluding hydrogens is 370 g/mol. The first-order chi connectivity index (χ1) is 13.3. The highest BCUT2D eigenvalue weighted by atomic mass is 16.5. The van der Waals surface area contributed by atoms with Gasteiger partial charge in [-0.25, -0.2) is 14.6 Å². The molecule has 0 bridgehead atoms. The molecular formula is C17H15N5O6. The van der Waals surface area contributed by atoms with Crippen molar-refractivity contribution in [3.63, 3.8) is 0 Å². The monoisotopic (exact) mass is 385 g/mol. The maximum Gasteiger partial charge on any atom is 0.354 e. The first-order valence-electron chi connectivity index (χ1n) is 7.99. The van der Waals surface area contributed by atoms with Gasteiger partial charge in [0.15, 0.2) is 5.69 Å². The number of carbonyl (C=O) groups is 3. The number of amides is 1. The van der Waals surface area contributed by atoms with Gasteiger partial charge in [0.05, 0.1) is 18.7 Å². The second-order valence-electron chi connectivity index (χ2n) is 5.79. The summed E-state index contributed by atoms with van der Waals surface area (Å²) in [5.74, 6) is -3.09. The molecule has 0 saturated carbocycles. The zero-order valence-corrected chi connectivity index (χ0v) is 14.8. The minimum absolute atomic E-state index is 0.222. The number of nitrogens with one attached hydrogen (secondary N) is 1. The van der Waals surface area contributed by atoms with Gasteiger partial charge in [0.2, 0.25) is 5.65 Å². The van der Waals surface area contributed by atoms with E-state index in [0.717, 1.165) is 10.6 Å². The van der Waals surface area contributed by atoms with Crippen LogP contribution in [0, 0.1) is 0 Å². The van der Waals surface area contributed by atoms with E-state index < -0.39 is 29.8 Å². The molecule has 0 aliphatic carbocycles. The summed E-state index contributed by atoms with van der Waals surface area (Å²) in [7, 11) is 1.28. The third-order valence-corrected chi connectivity index (χ3v) is 3.99. The average Bonchev–Trinajstić information content (AvgIpc) is 3.07. The van der Waals surface area contributed by atoms with E-state index in [1.807, 2.05) is 0 Å². The number of hydrogen-bond acceptors (Lipinski definition) is 8. The van der Waals surface area contributed by atoms with Crippen molar-refractivity contribution in [2.75, 3.05) is 7.11 Å². The standard InChI is InChI=1S/C17H15N5O6/c1-8(9-3-5-10(6-4-9)17(27)28-2)18-14(23)11-7-12(16(25)26)22-13(19-11)15(24)20-21-22/h3-8,24H,1-2H3,(H,18,23)(H,25,26)/t8-/m1/s1. The smallest absolute Gasteiger partial charge is 0.354 e. The molecule has 1 amide bonds. The lowest BCUT2D eigenvalue weighted by molar-refractivity contribution is 0.0599. The lowest BCUT2D eigenvalue weighted by Crippen LogP contribution is -2.28. The highest BCUT2D eigenvalue weighted by Crippen LogP contribution is 2.17. The first-order valence-corrected chi connectivity index (χ1v) is 7.99. The van der Waals surface area contributed by atoms with Gasteiger partial charge in [0, 0.05) is 6.07 Å². The van der Waals surface area contributed by atoms with Crippen LogP contribution in [-0.2, 0) is 4.74 Å². The van der Waals surface area contributed by atoms with Crippen molar-refractivity contribution in [2.45, 2.75) is 13.0 Å². The van der Waals surface area contributed by atoms with Crippen LogP contribution in [0.5, 0.6) is 5.88 Å². The fourth-order valence-electron chi connectivity index (χ4n) is 2.51. The lowest BCUT2D eigenvalue weighted by atomic mass is 10.1. The van der Waals surface area contributed by atoms with Crippen LogP contribution in [-0.4, -0.2) is 55.0 Å². The molecule has 3 aromatic rings. The van der Waals surface area contributed by atoms with Crippen LogP contribution in [0.25, 0.3) is 5.65 Å². The maximum absolute atomic E-state index is 12.5. The molecule has 2 aromatic heterocycles. The van der Waals surface area contributed by atoms with Crippen LogP contribution in [0.15, 0.2) is 30.3 Å². The maximum atomic E-state index is 12.5. The molecule has 11 nitrogen and oxygen atoms in total. The normalized spacial score (nSPS) is 11.8. The predicted octanol–water partition coefficient (Wildman–Crippen LogP) is 0.806. The zero-order valence-electron chi connectivity index (χ0n) is 14.8. The van der Waals surface area contributed by atoms with E-state index in [1.54, 1.807) is 31.2 Å². The van der Waals surface area contributed by atoms with Crippen molar-refractivity contribution < 1.29 is 29.3 Å². The highest BCUT2D eigenvalue weighted by molar-refractivity contribution is 5.96. The molecule has 144 valence electrons. The third-order valence-electron chi connectivity index (χ3n) is 3.99. The number of nitrogens with zero attached hydrogens (tertiary/aromatic N) is 4. The largest absolute Gasteiger partial charge is 0.489 e. The molecule has 0 fully saturated rings. The number of hydrogen-bond donors (Lipinski definition) is 3. The molecule has 1 atom stereocenters. The number of aromatic carboxylic acids is 1. The van der Waals surface area contributed by atoms with Crippen molar-refractivity contribution in [2.24, 2.45) is 0 Å². The van der Waals surface area contributed by atoms with E-state index in [0.29, 0.717) is 11.1 Å². The Hall–Kier alpha value is -4.02. The molecule has 3 N–H and O–H groups in total. The molecule has 0 saturated heterocycles. The second kappa shape index (κ2) is 7.31. The fraction of sp³-hybridized carbons (Fsp3) is 0.176. The summed E-state index contributed by atoms with van der Waals surface area (Å²) in [6.07, 6.45) is 0. The summed E-state index contributed by atoms with van der Waals surface area (Å²) in [5, 5.41) is 28.4. The number of fused-ring (bicyclic) bond motifs is 1. The summed E-state index contributed by atoms with van der Waals surface area (Å²) in [4.78, 5) is 39.3. The molecule has 3 rings (SSSR count). The summed E-state index contributed by atoms with van der Waals surface area (Å²) >= 11 is 0. The minimum Gasteiger partial charge on any atom is -0.489 e. The summed E-state index contributed by atoms with van der Waals surface area (Å²) < 4.78 is 5.45. The molecule has 0 aliphatic rings. The van der Waals surface area contributed by atoms with Gasteiger partial charge in [-0.15, -0.1) is 0 Å². The third kappa shape index (κ3) is 3.45. The predicted molar refractivity (Wildman–Crippen MR) is 93.1 cm³/mol. The van der Waals surface area contributed by atoms with Gasteiger partial charge >= 0.3 is 11.9 Å². The number of benzene rings is 1. The van der Waals surface area contributed by atoms with E-state index >= 15 is 0 Å². The number of carboxylic acids is 1. The van der Waals surface area contributed by atoms with Gasteiger partial charge in [-0.05, 0) is 24.6 Å². The van der Waals surface area contributed by atoms with Crippen molar-refractivity contribution in [3.05, 3.63) is 52.8 Å². The van der Waals surface area contributed by atoms with Crippen LogP contribution in [0.4, 0.5) is 0 Å². The average molecular weight is 385 g/mol. The number of rotatable bonds is 5. The van der Waals surface area contributed by atoms with E-state index in [1.165, 1.54) is 7.11 Å². The lowest BCUT2D eigenvalue weighted by Gasteiger charge is -2.14. The quantitative estimate of drug-likeness (QED) is 0.541. The number of aromatic hydroxyl groups is 1. The number of carboxylic acid groups (broad SMARTS) is 1. The van der Waals surface area contributed by atoms with Crippen LogP contribution in [0.1, 0.15) is 49.9 Å². The zero-order chi connectivity index (χ0) is 20.4. The number of esters is 1. The van der Waals surface area contributed by atoms with Gasteiger partial charge < -0.3 is 20.3 Å². The van der Waals surface area contributed by atoms with Crippen molar-refractivity contribution in [1.29, 1.82) is 0 Å². The Balaban J connectivity index is 1.85. The van der Waals surface area contributed by atoms with E-state index in [2.05, 4.69) is 25.3 Å². The van der Waals surface area contributed by atoms with E-state index in [9.17, 15) is 24.6 Å². The number of aromatic nitrogens is 4. The second-order valence-corrected chi connectivity index (χ2v) is 5.79. The Morgan fingerprint density at radius 3 is 2.50 bits per heavy atom. The molecule has 0 aliphatic heterocycles. The topological polar surface area (TPSA) is 156 Å². The SMILES string of the molecule is COC(=O)c1ccc([C@@H](C)NC(=O)c2cc(C(=O)O)n3nnc(O)c3n2)cc1. The Morgan fingerprint density at radius 1 is 1.21 bits per heavy atom. The van der Waals surface area contributed by atoms with Crippen LogP contribution in [0.2, 0.25) is 0 Å². The number of methoxy groups -OCH3 is 1. The molecule has 0 spiro atoms. The molecule has 1 aromatic carbocycles. The molecule has 0 unspecified atom stereocenters. The Bertz CT molecular complexity index is 1080. The van der Waals surface area contributed by atoms with Gasteiger partial charge in [-0.1, -0.05) is 22.4 Å². The van der Waals surface area contributed by atoms with Crippen molar-refractivity contribution >= 4 is 23.5 Å². The molecule has 28 heavy (non-hydrogen) atoms. The molecule has 0 radical (unpaired) electrons. The van der Waals surface area contributed by atoms with Crippen LogP contribution in [0.3, 0.4) is 0 Å². The van der Waals surface area contributed by atoms with Crippen LogP contribution >= 0.6 is 0 Å². The van der Waals surface area contributed by atoms with Crippen LogP contribution < -0.4 is 5.32 Å². The van der Waals surface area contributed by atoms with Crippen molar-refractivity contribution in [3.8, 4) is 5.88 Å². The van der Waals surface area contributed by atoms with Gasteiger partial charge in [-0.2, -0.15) is 4.52 Å². The molecule has 2 heterocycles. The number of ether oxygens (including phenoxy) is 1. The number of carbonyl (C=O) groups excluding carboxylic acids is 2. The Kier molecular flexibility index (Phi) is 4.90. The summed E-state index contributed by atoms with van der Waals surface area (Å²) in [5.41, 5.74) is 0.222. The fourth-order valence-corrected chi connectivity index (χ4v) is 2.51. The minimum atomic E-state index is -1.36.